The average molecular weight is 330 g/mol. The molecule has 0 aliphatic rings. The minimum Gasteiger partial charge on any atom is -0.345 e. The molecule has 6 heteroatoms. The summed E-state index contributed by atoms with van der Waals surface area (Å²) < 4.78 is 26.2. The highest BCUT2D eigenvalue weighted by atomic mass is 19.1. The predicted octanol–water partition coefficient (Wildman–Crippen LogP) is 3.32. The zero-order valence-corrected chi connectivity index (χ0v) is 13.2. The van der Waals surface area contributed by atoms with E-state index < -0.39 is 17.5 Å². The molecule has 4 nitrogen and oxygen atoms in total. The van der Waals surface area contributed by atoms with Crippen LogP contribution in [-0.2, 0) is 4.79 Å². The maximum absolute atomic E-state index is 13.4. The molecule has 2 amide bonds. The topological polar surface area (TPSA) is 49.4 Å². The van der Waals surface area contributed by atoms with Crippen LogP contribution >= 0.6 is 0 Å². The van der Waals surface area contributed by atoms with Gasteiger partial charge >= 0.3 is 0 Å². The van der Waals surface area contributed by atoms with Crippen LogP contribution in [0.3, 0.4) is 0 Å². The minimum atomic E-state index is -0.844. The Labute approximate surface area is 138 Å². The van der Waals surface area contributed by atoms with Crippen molar-refractivity contribution in [2.75, 3.05) is 19.4 Å². The maximum Gasteiger partial charge on any atom is 0.253 e. The Morgan fingerprint density at radius 3 is 2.29 bits per heavy atom. The number of benzene rings is 2. The van der Waals surface area contributed by atoms with Crippen LogP contribution in [0.25, 0.3) is 6.08 Å². The molecule has 2 rings (SSSR count). The second-order valence-corrected chi connectivity index (χ2v) is 5.27. The number of carbonyl (C=O) groups excluding carboxylic acids is 2. The first-order valence-corrected chi connectivity index (χ1v) is 7.12. The number of anilines is 1. The van der Waals surface area contributed by atoms with Crippen molar-refractivity contribution < 1.29 is 18.4 Å². The molecule has 0 aliphatic carbocycles. The number of halogens is 2. The summed E-state index contributed by atoms with van der Waals surface area (Å²) in [5.74, 6) is -2.22. The Hall–Kier alpha value is -3.02. The van der Waals surface area contributed by atoms with Crippen molar-refractivity contribution in [3.05, 3.63) is 71.3 Å². The number of nitrogens with zero attached hydrogens (tertiary/aromatic N) is 1. The molecular formula is C18H16F2N2O2. The van der Waals surface area contributed by atoms with Crippen LogP contribution in [0.4, 0.5) is 14.5 Å². The normalized spacial score (nSPS) is 10.7. The van der Waals surface area contributed by atoms with Gasteiger partial charge in [-0.3, -0.25) is 9.59 Å². The second-order valence-electron chi connectivity index (χ2n) is 5.27. The van der Waals surface area contributed by atoms with Crippen molar-refractivity contribution in [3.8, 4) is 0 Å². The van der Waals surface area contributed by atoms with E-state index in [2.05, 4.69) is 5.32 Å². The van der Waals surface area contributed by atoms with Crippen molar-refractivity contribution >= 4 is 23.6 Å². The van der Waals surface area contributed by atoms with Crippen molar-refractivity contribution in [2.45, 2.75) is 0 Å². The van der Waals surface area contributed by atoms with Gasteiger partial charge in [-0.2, -0.15) is 0 Å². The maximum atomic E-state index is 13.4. The number of amides is 2. The monoisotopic (exact) mass is 330 g/mol. The Morgan fingerprint density at radius 1 is 1.04 bits per heavy atom. The fourth-order valence-corrected chi connectivity index (χ4v) is 1.93. The van der Waals surface area contributed by atoms with E-state index in [0.717, 1.165) is 12.1 Å². The summed E-state index contributed by atoms with van der Waals surface area (Å²) in [5, 5.41) is 2.32. The van der Waals surface area contributed by atoms with E-state index in [0.29, 0.717) is 17.2 Å². The van der Waals surface area contributed by atoms with Crippen LogP contribution < -0.4 is 5.32 Å². The number of carbonyl (C=O) groups is 2. The molecule has 0 heterocycles. The molecule has 0 aliphatic heterocycles. The quantitative estimate of drug-likeness (QED) is 0.874. The van der Waals surface area contributed by atoms with Gasteiger partial charge in [0, 0.05) is 31.8 Å². The summed E-state index contributed by atoms with van der Waals surface area (Å²) in [4.78, 5) is 25.0. The molecule has 0 bridgehead atoms. The molecule has 2 aromatic carbocycles. The van der Waals surface area contributed by atoms with Gasteiger partial charge < -0.3 is 10.2 Å². The number of rotatable bonds is 4. The highest BCUT2D eigenvalue weighted by Crippen LogP contribution is 2.15. The molecule has 0 spiro atoms. The molecule has 0 saturated carbocycles. The molecular weight excluding hydrogens is 314 g/mol. The number of hydrogen-bond donors (Lipinski definition) is 1. The molecule has 0 unspecified atom stereocenters. The van der Waals surface area contributed by atoms with E-state index in [1.807, 2.05) is 0 Å². The van der Waals surface area contributed by atoms with Crippen LogP contribution in [0, 0.1) is 11.6 Å². The van der Waals surface area contributed by atoms with E-state index in [9.17, 15) is 18.4 Å². The summed E-state index contributed by atoms with van der Waals surface area (Å²) >= 11 is 0. The molecule has 0 fully saturated rings. The largest absolute Gasteiger partial charge is 0.345 e. The second kappa shape index (κ2) is 7.50. The van der Waals surface area contributed by atoms with Crippen LogP contribution in [0.15, 0.2) is 48.5 Å². The third-order valence-corrected chi connectivity index (χ3v) is 3.18. The van der Waals surface area contributed by atoms with Gasteiger partial charge in [-0.05, 0) is 35.9 Å². The lowest BCUT2D eigenvalue weighted by atomic mass is 10.1. The lowest BCUT2D eigenvalue weighted by molar-refractivity contribution is -0.111. The van der Waals surface area contributed by atoms with Gasteiger partial charge in [0.15, 0.2) is 0 Å². The van der Waals surface area contributed by atoms with Crippen LogP contribution in [0.5, 0.6) is 0 Å². The summed E-state index contributed by atoms with van der Waals surface area (Å²) in [5.41, 5.74) is 1.15. The molecule has 0 aromatic heterocycles. The van der Waals surface area contributed by atoms with E-state index >= 15 is 0 Å². The molecule has 0 atom stereocenters. The van der Waals surface area contributed by atoms with Gasteiger partial charge in [0.2, 0.25) is 5.91 Å². The Balaban J connectivity index is 2.02. The molecule has 1 N–H and O–H groups in total. The fraction of sp³-hybridized carbons (Fsp3) is 0.111. The zero-order valence-electron chi connectivity index (χ0n) is 13.2. The van der Waals surface area contributed by atoms with Crippen LogP contribution in [0.2, 0.25) is 0 Å². The van der Waals surface area contributed by atoms with Crippen molar-refractivity contribution in [1.82, 2.24) is 4.90 Å². The van der Waals surface area contributed by atoms with Crippen LogP contribution in [0.1, 0.15) is 15.9 Å². The lowest BCUT2D eigenvalue weighted by Crippen LogP contribution is -2.21. The Bertz CT molecular complexity index is 784. The molecule has 2 aromatic rings. The SMILES string of the molecule is CN(C)C(=O)c1ccc(/C=C/C(=O)Nc2ccc(F)cc2F)cc1. The van der Waals surface area contributed by atoms with Crippen molar-refractivity contribution in [1.29, 1.82) is 0 Å². The third kappa shape index (κ3) is 4.49. The summed E-state index contributed by atoms with van der Waals surface area (Å²) in [6.07, 6.45) is 2.76. The fourth-order valence-electron chi connectivity index (χ4n) is 1.93. The van der Waals surface area contributed by atoms with Gasteiger partial charge in [-0.15, -0.1) is 0 Å². The van der Waals surface area contributed by atoms with E-state index in [-0.39, 0.29) is 11.6 Å². The summed E-state index contributed by atoms with van der Waals surface area (Å²) in [6, 6.07) is 9.60. The average Bonchev–Trinajstić information content (AvgIpc) is 2.55. The van der Waals surface area contributed by atoms with Gasteiger partial charge in [-0.1, -0.05) is 12.1 Å². The summed E-state index contributed by atoms with van der Waals surface area (Å²) in [7, 11) is 3.32. The molecule has 0 saturated heterocycles. The number of nitrogens with one attached hydrogen (secondary N) is 1. The Morgan fingerprint density at radius 2 is 1.71 bits per heavy atom. The molecule has 0 radical (unpaired) electrons. The standard InChI is InChI=1S/C18H16F2N2O2/c1-22(2)18(24)13-6-3-12(4-7-13)5-10-17(23)21-16-9-8-14(19)11-15(16)20/h3-11H,1-2H3,(H,21,23)/b10-5+. The van der Waals surface area contributed by atoms with E-state index in [1.54, 1.807) is 38.4 Å². The highest BCUT2D eigenvalue weighted by molar-refractivity contribution is 6.02. The first-order valence-electron chi connectivity index (χ1n) is 7.12. The number of hydrogen-bond acceptors (Lipinski definition) is 2. The third-order valence-electron chi connectivity index (χ3n) is 3.18. The molecule has 24 heavy (non-hydrogen) atoms. The van der Waals surface area contributed by atoms with E-state index in [1.165, 1.54) is 17.1 Å². The first-order chi connectivity index (χ1) is 11.4. The van der Waals surface area contributed by atoms with Crippen molar-refractivity contribution in [3.63, 3.8) is 0 Å². The smallest absolute Gasteiger partial charge is 0.253 e. The van der Waals surface area contributed by atoms with Gasteiger partial charge in [-0.25, -0.2) is 8.78 Å². The lowest BCUT2D eigenvalue weighted by Gasteiger charge is -2.09. The minimum absolute atomic E-state index is 0.0991. The predicted molar refractivity (Wildman–Crippen MR) is 88.5 cm³/mol. The van der Waals surface area contributed by atoms with Crippen LogP contribution in [-0.4, -0.2) is 30.8 Å². The Kier molecular flexibility index (Phi) is 5.42. The van der Waals surface area contributed by atoms with Gasteiger partial charge in [0.1, 0.15) is 11.6 Å². The van der Waals surface area contributed by atoms with Gasteiger partial charge in [0.05, 0.1) is 5.69 Å². The summed E-state index contributed by atoms with van der Waals surface area (Å²) in [6.45, 7) is 0. The van der Waals surface area contributed by atoms with Crippen molar-refractivity contribution in [2.24, 2.45) is 0 Å². The van der Waals surface area contributed by atoms with Gasteiger partial charge in [0.25, 0.3) is 5.91 Å². The zero-order chi connectivity index (χ0) is 17.7. The first kappa shape index (κ1) is 17.3. The van der Waals surface area contributed by atoms with E-state index in [4.69, 9.17) is 0 Å². The highest BCUT2D eigenvalue weighted by Gasteiger charge is 2.07. The molecule has 124 valence electrons.